The van der Waals surface area contributed by atoms with Crippen LogP contribution in [-0.4, -0.2) is 0 Å². The van der Waals surface area contributed by atoms with Gasteiger partial charge in [-0.25, -0.2) is 8.78 Å². The zero-order valence-corrected chi connectivity index (χ0v) is 9.71. The molecule has 1 aromatic carbocycles. The van der Waals surface area contributed by atoms with E-state index >= 15 is 0 Å². The van der Waals surface area contributed by atoms with E-state index in [1.807, 2.05) is 26.8 Å². The van der Waals surface area contributed by atoms with Crippen LogP contribution in [0.25, 0.3) is 10.1 Å². The van der Waals surface area contributed by atoms with Crippen molar-refractivity contribution >= 4 is 21.4 Å². The zero-order valence-electron chi connectivity index (χ0n) is 8.90. The summed E-state index contributed by atoms with van der Waals surface area (Å²) >= 11 is 1.23. The zero-order chi connectivity index (χ0) is 11.2. The molecule has 80 valence electrons. The SMILES string of the molecule is CC(C)(C)c1cc2ccsc2c(F)c1F. The lowest BCUT2D eigenvalue weighted by Crippen LogP contribution is -2.14. The van der Waals surface area contributed by atoms with Crippen molar-refractivity contribution in [3.05, 3.63) is 34.7 Å². The largest absolute Gasteiger partial charge is 0.203 e. The Kier molecular flexibility index (Phi) is 2.30. The summed E-state index contributed by atoms with van der Waals surface area (Å²) in [6, 6.07) is 3.56. The van der Waals surface area contributed by atoms with Crippen molar-refractivity contribution < 1.29 is 8.78 Å². The van der Waals surface area contributed by atoms with E-state index in [1.54, 1.807) is 11.4 Å². The van der Waals surface area contributed by atoms with Gasteiger partial charge in [0.25, 0.3) is 0 Å². The summed E-state index contributed by atoms with van der Waals surface area (Å²) in [5.74, 6) is -1.43. The standard InChI is InChI=1S/C12H12F2S/c1-12(2,3)8-6-7-4-5-15-11(7)10(14)9(8)13/h4-6H,1-3H3. The Balaban J connectivity index is 2.82. The summed E-state index contributed by atoms with van der Waals surface area (Å²) in [6.45, 7) is 5.63. The van der Waals surface area contributed by atoms with Gasteiger partial charge >= 0.3 is 0 Å². The van der Waals surface area contributed by atoms with Gasteiger partial charge in [0.1, 0.15) is 0 Å². The Morgan fingerprint density at radius 3 is 2.40 bits per heavy atom. The normalized spacial score (nSPS) is 12.3. The molecule has 1 heterocycles. The van der Waals surface area contributed by atoms with E-state index in [2.05, 4.69) is 0 Å². The number of halogens is 2. The molecular weight excluding hydrogens is 214 g/mol. The molecule has 0 fully saturated rings. The molecule has 0 aliphatic carbocycles. The molecular formula is C12H12F2S. The highest BCUT2D eigenvalue weighted by Gasteiger charge is 2.23. The molecule has 0 amide bonds. The third-order valence-electron chi connectivity index (χ3n) is 2.43. The number of thiophene rings is 1. The maximum atomic E-state index is 13.7. The van der Waals surface area contributed by atoms with Crippen molar-refractivity contribution in [1.29, 1.82) is 0 Å². The van der Waals surface area contributed by atoms with Gasteiger partial charge in [0.15, 0.2) is 11.6 Å². The summed E-state index contributed by atoms with van der Waals surface area (Å²) in [7, 11) is 0. The predicted octanol–water partition coefficient (Wildman–Crippen LogP) is 4.48. The van der Waals surface area contributed by atoms with Crippen LogP contribution in [0.2, 0.25) is 0 Å². The molecule has 15 heavy (non-hydrogen) atoms. The van der Waals surface area contributed by atoms with Gasteiger partial charge in [-0.3, -0.25) is 0 Å². The Labute approximate surface area is 91.5 Å². The molecule has 2 rings (SSSR count). The van der Waals surface area contributed by atoms with Crippen LogP contribution < -0.4 is 0 Å². The fraction of sp³-hybridized carbons (Fsp3) is 0.333. The molecule has 0 aliphatic rings. The third kappa shape index (κ3) is 1.65. The second kappa shape index (κ2) is 3.27. The van der Waals surface area contributed by atoms with Crippen LogP contribution in [0, 0.1) is 11.6 Å². The third-order valence-corrected chi connectivity index (χ3v) is 3.35. The first-order valence-corrected chi connectivity index (χ1v) is 5.65. The van der Waals surface area contributed by atoms with Crippen LogP contribution >= 0.6 is 11.3 Å². The maximum Gasteiger partial charge on any atom is 0.176 e. The first kappa shape index (κ1) is 10.6. The van der Waals surface area contributed by atoms with Crippen LogP contribution in [0.5, 0.6) is 0 Å². The smallest absolute Gasteiger partial charge is 0.176 e. The number of hydrogen-bond donors (Lipinski definition) is 0. The van der Waals surface area contributed by atoms with E-state index in [0.717, 1.165) is 5.39 Å². The minimum absolute atomic E-state index is 0.374. The minimum Gasteiger partial charge on any atom is -0.203 e. The maximum absolute atomic E-state index is 13.7. The first-order valence-electron chi connectivity index (χ1n) is 4.77. The minimum atomic E-state index is -0.715. The average molecular weight is 226 g/mol. The predicted molar refractivity (Wildman–Crippen MR) is 60.4 cm³/mol. The molecule has 0 unspecified atom stereocenters. The van der Waals surface area contributed by atoms with Gasteiger partial charge in [0, 0.05) is 0 Å². The van der Waals surface area contributed by atoms with Gasteiger partial charge < -0.3 is 0 Å². The molecule has 0 spiro atoms. The molecule has 0 radical (unpaired) electrons. The van der Waals surface area contributed by atoms with Crippen molar-refractivity contribution in [2.45, 2.75) is 26.2 Å². The summed E-state index contributed by atoms with van der Waals surface area (Å²) in [6.07, 6.45) is 0. The van der Waals surface area contributed by atoms with Crippen LogP contribution in [0.3, 0.4) is 0 Å². The Bertz CT molecular complexity index is 506. The quantitative estimate of drug-likeness (QED) is 0.621. The van der Waals surface area contributed by atoms with E-state index in [0.29, 0.717) is 10.3 Å². The van der Waals surface area contributed by atoms with Crippen molar-refractivity contribution in [2.75, 3.05) is 0 Å². The van der Waals surface area contributed by atoms with Gasteiger partial charge in [0.2, 0.25) is 0 Å². The highest BCUT2D eigenvalue weighted by molar-refractivity contribution is 7.17. The average Bonchev–Trinajstić information content (AvgIpc) is 2.57. The lowest BCUT2D eigenvalue weighted by Gasteiger charge is -2.20. The number of benzene rings is 1. The van der Waals surface area contributed by atoms with Crippen molar-refractivity contribution in [3.8, 4) is 0 Å². The lowest BCUT2D eigenvalue weighted by atomic mass is 9.86. The Morgan fingerprint density at radius 1 is 1.13 bits per heavy atom. The van der Waals surface area contributed by atoms with Crippen LogP contribution in [-0.2, 0) is 5.41 Å². The number of fused-ring (bicyclic) bond motifs is 1. The molecule has 0 nitrogen and oxygen atoms in total. The van der Waals surface area contributed by atoms with E-state index in [1.165, 1.54) is 11.3 Å². The van der Waals surface area contributed by atoms with Gasteiger partial charge in [-0.2, -0.15) is 0 Å². The second-order valence-corrected chi connectivity index (χ2v) is 5.56. The van der Waals surface area contributed by atoms with E-state index < -0.39 is 11.6 Å². The van der Waals surface area contributed by atoms with Crippen LogP contribution in [0.4, 0.5) is 8.78 Å². The van der Waals surface area contributed by atoms with E-state index in [9.17, 15) is 8.78 Å². The molecule has 2 aromatic rings. The number of hydrogen-bond acceptors (Lipinski definition) is 1. The molecule has 0 saturated carbocycles. The summed E-state index contributed by atoms with van der Waals surface area (Å²) in [5, 5.41) is 2.56. The molecule has 0 saturated heterocycles. The fourth-order valence-corrected chi connectivity index (χ4v) is 2.40. The van der Waals surface area contributed by atoms with Crippen LogP contribution in [0.1, 0.15) is 26.3 Å². The van der Waals surface area contributed by atoms with Crippen molar-refractivity contribution in [2.24, 2.45) is 0 Å². The first-order chi connectivity index (χ1) is 6.91. The fourth-order valence-electron chi connectivity index (χ4n) is 1.59. The monoisotopic (exact) mass is 226 g/mol. The molecule has 3 heteroatoms. The Morgan fingerprint density at radius 2 is 1.80 bits per heavy atom. The van der Waals surface area contributed by atoms with E-state index in [4.69, 9.17) is 0 Å². The van der Waals surface area contributed by atoms with Crippen molar-refractivity contribution in [1.82, 2.24) is 0 Å². The number of rotatable bonds is 0. The summed E-state index contributed by atoms with van der Waals surface area (Å²) < 4.78 is 27.8. The van der Waals surface area contributed by atoms with Gasteiger partial charge in [-0.15, -0.1) is 11.3 Å². The van der Waals surface area contributed by atoms with Crippen LogP contribution in [0.15, 0.2) is 17.5 Å². The summed E-state index contributed by atoms with van der Waals surface area (Å²) in [5.41, 5.74) is 0.0621. The molecule has 0 N–H and O–H groups in total. The van der Waals surface area contributed by atoms with Gasteiger partial charge in [-0.1, -0.05) is 20.8 Å². The molecule has 1 aromatic heterocycles. The second-order valence-electron chi connectivity index (χ2n) is 4.64. The highest BCUT2D eigenvalue weighted by atomic mass is 32.1. The van der Waals surface area contributed by atoms with Crippen molar-refractivity contribution in [3.63, 3.8) is 0 Å². The van der Waals surface area contributed by atoms with Gasteiger partial charge in [0.05, 0.1) is 4.70 Å². The highest BCUT2D eigenvalue weighted by Crippen LogP contribution is 2.33. The Hall–Kier alpha value is -0.960. The topological polar surface area (TPSA) is 0 Å². The lowest BCUT2D eigenvalue weighted by molar-refractivity contribution is 0.472. The molecule has 0 atom stereocenters. The molecule has 0 aliphatic heterocycles. The molecule has 0 bridgehead atoms. The summed E-state index contributed by atoms with van der Waals surface area (Å²) in [4.78, 5) is 0. The van der Waals surface area contributed by atoms with E-state index in [-0.39, 0.29) is 5.41 Å². The van der Waals surface area contributed by atoms with Gasteiger partial charge in [-0.05, 0) is 33.9 Å².